The van der Waals surface area contributed by atoms with Crippen molar-refractivity contribution in [1.29, 1.82) is 0 Å². The van der Waals surface area contributed by atoms with Crippen molar-refractivity contribution < 1.29 is 4.79 Å². The highest BCUT2D eigenvalue weighted by molar-refractivity contribution is 5.80. The van der Waals surface area contributed by atoms with E-state index in [1.54, 1.807) is 27.7 Å². The minimum absolute atomic E-state index is 0.0327. The smallest absolute Gasteiger partial charge is 0.280 e. The minimum atomic E-state index is -0.151. The highest BCUT2D eigenvalue weighted by Crippen LogP contribution is 2.18. The van der Waals surface area contributed by atoms with Crippen molar-refractivity contribution >= 4 is 16.9 Å². The van der Waals surface area contributed by atoms with Crippen LogP contribution in [0.2, 0.25) is 0 Å². The zero-order chi connectivity index (χ0) is 19.0. The lowest BCUT2D eigenvalue weighted by Gasteiger charge is -2.30. The van der Waals surface area contributed by atoms with E-state index in [0.717, 1.165) is 37.2 Å². The van der Waals surface area contributed by atoms with Crippen LogP contribution in [0.1, 0.15) is 25.3 Å². The number of pyridine rings is 1. The second-order valence-corrected chi connectivity index (χ2v) is 7.45. The van der Waals surface area contributed by atoms with Gasteiger partial charge in [0, 0.05) is 19.3 Å². The number of rotatable bonds is 3. The zero-order valence-corrected chi connectivity index (χ0v) is 15.8. The molecule has 0 atom stereocenters. The predicted molar refractivity (Wildman–Crippen MR) is 105 cm³/mol. The van der Waals surface area contributed by atoms with E-state index < -0.39 is 0 Å². The van der Waals surface area contributed by atoms with E-state index in [9.17, 15) is 9.59 Å². The molecule has 3 heterocycles. The molecule has 1 aliphatic heterocycles. The van der Waals surface area contributed by atoms with Gasteiger partial charge in [-0.3, -0.25) is 14.3 Å². The van der Waals surface area contributed by atoms with Gasteiger partial charge in [-0.2, -0.15) is 0 Å². The number of benzene rings is 1. The summed E-state index contributed by atoms with van der Waals surface area (Å²) in [5.41, 5.74) is 2.25. The molecule has 6 heteroatoms. The molecule has 27 heavy (non-hydrogen) atoms. The summed E-state index contributed by atoms with van der Waals surface area (Å²) in [5.74, 6) is 0.694. The summed E-state index contributed by atoms with van der Waals surface area (Å²) in [7, 11) is 0. The van der Waals surface area contributed by atoms with Gasteiger partial charge in [-0.1, -0.05) is 24.6 Å². The SMILES string of the molecule is Cc1ccc(-n2c(=O)c3cccnc3n2CC(=O)N2CCC(C)CC2)cc1. The number of fused-ring (bicyclic) bond motifs is 1. The Morgan fingerprint density at radius 3 is 2.56 bits per heavy atom. The van der Waals surface area contributed by atoms with Gasteiger partial charge in [-0.25, -0.2) is 9.67 Å². The summed E-state index contributed by atoms with van der Waals surface area (Å²) in [6, 6.07) is 11.2. The molecule has 1 aromatic carbocycles. The summed E-state index contributed by atoms with van der Waals surface area (Å²) < 4.78 is 3.28. The van der Waals surface area contributed by atoms with Gasteiger partial charge in [0.15, 0.2) is 5.65 Å². The molecule has 1 fully saturated rings. The average Bonchev–Trinajstić information content (AvgIpc) is 2.95. The quantitative estimate of drug-likeness (QED) is 0.718. The van der Waals surface area contributed by atoms with Gasteiger partial charge in [0.05, 0.1) is 11.1 Å². The van der Waals surface area contributed by atoms with Crippen LogP contribution in [0.4, 0.5) is 0 Å². The van der Waals surface area contributed by atoms with Crippen molar-refractivity contribution in [2.24, 2.45) is 5.92 Å². The Kier molecular flexibility index (Phi) is 4.56. The molecule has 4 rings (SSSR count). The third-order valence-electron chi connectivity index (χ3n) is 5.40. The van der Waals surface area contributed by atoms with Crippen molar-refractivity contribution in [3.63, 3.8) is 0 Å². The van der Waals surface area contributed by atoms with Crippen molar-refractivity contribution in [2.45, 2.75) is 33.2 Å². The molecule has 0 N–H and O–H groups in total. The number of carbonyl (C=O) groups excluding carboxylic acids is 1. The summed E-state index contributed by atoms with van der Waals surface area (Å²) in [4.78, 5) is 32.2. The molecular formula is C21H24N4O2. The van der Waals surface area contributed by atoms with Crippen LogP contribution in [-0.2, 0) is 11.3 Å². The van der Waals surface area contributed by atoms with E-state index in [2.05, 4.69) is 11.9 Å². The number of hydrogen-bond acceptors (Lipinski definition) is 3. The first-order valence-corrected chi connectivity index (χ1v) is 9.46. The van der Waals surface area contributed by atoms with Gasteiger partial charge >= 0.3 is 0 Å². The molecule has 1 aliphatic rings. The molecule has 2 aromatic heterocycles. The molecule has 3 aromatic rings. The maximum Gasteiger partial charge on any atom is 0.280 e. The van der Waals surface area contributed by atoms with Crippen molar-refractivity contribution in [1.82, 2.24) is 19.2 Å². The first-order chi connectivity index (χ1) is 13.0. The Morgan fingerprint density at radius 2 is 1.85 bits per heavy atom. The summed E-state index contributed by atoms with van der Waals surface area (Å²) in [5, 5.41) is 0.526. The van der Waals surface area contributed by atoms with Crippen LogP contribution in [0.5, 0.6) is 0 Å². The Balaban J connectivity index is 1.77. The molecule has 6 nitrogen and oxygen atoms in total. The Labute approximate surface area is 158 Å². The molecule has 140 valence electrons. The first-order valence-electron chi connectivity index (χ1n) is 9.46. The highest BCUT2D eigenvalue weighted by atomic mass is 16.2. The molecule has 0 aliphatic carbocycles. The van der Waals surface area contributed by atoms with Crippen LogP contribution in [0.25, 0.3) is 16.7 Å². The van der Waals surface area contributed by atoms with E-state index in [0.29, 0.717) is 17.0 Å². The number of likely N-dealkylation sites (tertiary alicyclic amines) is 1. The van der Waals surface area contributed by atoms with E-state index >= 15 is 0 Å². The van der Waals surface area contributed by atoms with Crippen molar-refractivity contribution in [2.75, 3.05) is 13.1 Å². The van der Waals surface area contributed by atoms with Crippen molar-refractivity contribution in [3.05, 3.63) is 58.5 Å². The second kappa shape index (κ2) is 7.02. The maximum atomic E-state index is 13.0. The summed E-state index contributed by atoms with van der Waals surface area (Å²) in [6.07, 6.45) is 3.72. The van der Waals surface area contributed by atoms with E-state index in [-0.39, 0.29) is 18.0 Å². The molecule has 0 radical (unpaired) electrons. The van der Waals surface area contributed by atoms with Crippen molar-refractivity contribution in [3.8, 4) is 5.69 Å². The fourth-order valence-corrected chi connectivity index (χ4v) is 3.66. The fourth-order valence-electron chi connectivity index (χ4n) is 3.66. The van der Waals surface area contributed by atoms with Crippen LogP contribution in [0.15, 0.2) is 47.4 Å². The second-order valence-electron chi connectivity index (χ2n) is 7.45. The average molecular weight is 364 g/mol. The van der Waals surface area contributed by atoms with Crippen LogP contribution in [0, 0.1) is 12.8 Å². The van der Waals surface area contributed by atoms with E-state index in [1.165, 1.54) is 0 Å². The van der Waals surface area contributed by atoms with Gasteiger partial charge in [0.25, 0.3) is 5.56 Å². The van der Waals surface area contributed by atoms with Crippen LogP contribution in [0.3, 0.4) is 0 Å². The molecule has 0 saturated carbocycles. The van der Waals surface area contributed by atoms with E-state index in [1.807, 2.05) is 36.1 Å². The number of hydrogen-bond donors (Lipinski definition) is 0. The topological polar surface area (TPSA) is 60.1 Å². The van der Waals surface area contributed by atoms with Crippen LogP contribution < -0.4 is 5.56 Å². The lowest BCUT2D eigenvalue weighted by molar-refractivity contribution is -0.133. The number of aryl methyl sites for hydroxylation is 1. The van der Waals surface area contributed by atoms with Gasteiger partial charge < -0.3 is 4.90 Å². The summed E-state index contributed by atoms with van der Waals surface area (Å²) in [6.45, 7) is 5.89. The van der Waals surface area contributed by atoms with E-state index in [4.69, 9.17) is 0 Å². The number of nitrogens with zero attached hydrogens (tertiary/aromatic N) is 4. The third-order valence-corrected chi connectivity index (χ3v) is 5.40. The zero-order valence-electron chi connectivity index (χ0n) is 15.8. The van der Waals surface area contributed by atoms with Gasteiger partial charge in [-0.05, 0) is 49.9 Å². The normalized spacial score (nSPS) is 15.4. The van der Waals surface area contributed by atoms with Gasteiger partial charge in [-0.15, -0.1) is 0 Å². The van der Waals surface area contributed by atoms with Crippen LogP contribution >= 0.6 is 0 Å². The molecule has 0 unspecified atom stereocenters. The summed E-state index contributed by atoms with van der Waals surface area (Å²) >= 11 is 0. The maximum absolute atomic E-state index is 13.0. The highest BCUT2D eigenvalue weighted by Gasteiger charge is 2.23. The van der Waals surface area contributed by atoms with Gasteiger partial charge in [0.1, 0.15) is 6.54 Å². The van der Waals surface area contributed by atoms with Gasteiger partial charge in [0.2, 0.25) is 5.91 Å². The Hall–Kier alpha value is -2.89. The molecule has 1 saturated heterocycles. The fraction of sp³-hybridized carbons (Fsp3) is 0.381. The lowest BCUT2D eigenvalue weighted by atomic mass is 9.99. The number of carbonyl (C=O) groups is 1. The number of piperidine rings is 1. The standard InChI is InChI=1S/C21H24N4O2/c1-15-5-7-17(8-6-15)25-21(27)18-4-3-11-22-20(18)24(25)14-19(26)23-12-9-16(2)10-13-23/h3-8,11,16H,9-10,12-14H2,1-2H3. The third kappa shape index (κ3) is 3.27. The minimum Gasteiger partial charge on any atom is -0.341 e. The number of amides is 1. The Bertz CT molecular complexity index is 1020. The lowest BCUT2D eigenvalue weighted by Crippen LogP contribution is -2.40. The predicted octanol–water partition coefficient (Wildman–Crippen LogP) is 2.75. The molecule has 0 spiro atoms. The number of aromatic nitrogens is 3. The molecular weight excluding hydrogens is 340 g/mol. The van der Waals surface area contributed by atoms with Crippen LogP contribution in [-0.4, -0.2) is 38.2 Å². The largest absolute Gasteiger partial charge is 0.341 e. The molecule has 1 amide bonds. The first kappa shape index (κ1) is 17.5. The molecule has 0 bridgehead atoms. The monoisotopic (exact) mass is 364 g/mol. The Morgan fingerprint density at radius 1 is 1.15 bits per heavy atom.